The predicted octanol–water partition coefficient (Wildman–Crippen LogP) is 1.37. The molecule has 6 nitrogen and oxygen atoms in total. The Hall–Kier alpha value is -1.63. The van der Waals surface area contributed by atoms with E-state index in [1.807, 2.05) is 6.92 Å². The number of aromatic nitrogens is 2. The van der Waals surface area contributed by atoms with Crippen molar-refractivity contribution in [3.8, 4) is 0 Å². The van der Waals surface area contributed by atoms with Crippen molar-refractivity contribution < 1.29 is 14.7 Å². The third-order valence-corrected chi connectivity index (χ3v) is 4.51. The number of aromatic carboxylic acids is 1. The highest BCUT2D eigenvalue weighted by molar-refractivity contribution is 8.00. The third-order valence-electron chi connectivity index (χ3n) is 3.27. The summed E-state index contributed by atoms with van der Waals surface area (Å²) in [5.74, 6) is -0.416. The maximum atomic E-state index is 11.9. The molecule has 1 aromatic heterocycles. The summed E-state index contributed by atoms with van der Waals surface area (Å²) >= 11 is 1.24. The van der Waals surface area contributed by atoms with Gasteiger partial charge in [-0.3, -0.25) is 4.79 Å². The van der Waals surface area contributed by atoms with Gasteiger partial charge in [0.15, 0.2) is 0 Å². The van der Waals surface area contributed by atoms with Gasteiger partial charge in [0, 0.05) is 20.0 Å². The number of likely N-dealkylation sites (tertiary alicyclic amines) is 1. The van der Waals surface area contributed by atoms with E-state index in [2.05, 4.69) is 9.97 Å². The Morgan fingerprint density at radius 2 is 2.20 bits per heavy atom. The van der Waals surface area contributed by atoms with Crippen LogP contribution in [0.1, 0.15) is 35.2 Å². The average molecular weight is 295 g/mol. The summed E-state index contributed by atoms with van der Waals surface area (Å²) in [6.45, 7) is 4.28. The Morgan fingerprint density at radius 1 is 1.50 bits per heavy atom. The van der Waals surface area contributed by atoms with Crippen LogP contribution in [0, 0.1) is 6.92 Å². The number of hydrogen-bond acceptors (Lipinski definition) is 5. The number of hydrogen-bond donors (Lipinski definition) is 1. The zero-order chi connectivity index (χ0) is 14.9. The minimum absolute atomic E-state index is 0.0284. The largest absolute Gasteiger partial charge is 0.478 e. The quantitative estimate of drug-likeness (QED) is 0.845. The Balaban J connectivity index is 2.36. The maximum Gasteiger partial charge on any atom is 0.340 e. The first-order valence-corrected chi connectivity index (χ1v) is 7.34. The van der Waals surface area contributed by atoms with Gasteiger partial charge < -0.3 is 10.0 Å². The predicted molar refractivity (Wildman–Crippen MR) is 75.0 cm³/mol. The van der Waals surface area contributed by atoms with E-state index in [4.69, 9.17) is 0 Å². The lowest BCUT2D eigenvalue weighted by Gasteiger charge is -2.13. The summed E-state index contributed by atoms with van der Waals surface area (Å²) in [5, 5.41) is 9.46. The van der Waals surface area contributed by atoms with Gasteiger partial charge >= 0.3 is 5.97 Å². The van der Waals surface area contributed by atoms with E-state index >= 15 is 0 Å². The number of carboxylic acid groups (broad SMARTS) is 1. The molecular formula is C13H17N3O3S. The zero-order valence-electron chi connectivity index (χ0n) is 11.7. The van der Waals surface area contributed by atoms with Crippen molar-refractivity contribution in [2.24, 2.45) is 0 Å². The van der Waals surface area contributed by atoms with E-state index in [1.54, 1.807) is 18.9 Å². The van der Waals surface area contributed by atoms with Crippen LogP contribution in [0.5, 0.6) is 0 Å². The van der Waals surface area contributed by atoms with Gasteiger partial charge in [0.05, 0.1) is 10.9 Å². The molecule has 1 aliphatic rings. The fourth-order valence-corrected chi connectivity index (χ4v) is 3.41. The molecule has 1 unspecified atom stereocenters. The molecule has 108 valence electrons. The summed E-state index contributed by atoms with van der Waals surface area (Å²) in [4.78, 5) is 33.5. The van der Waals surface area contributed by atoms with Crippen LogP contribution in [0.25, 0.3) is 0 Å². The second-order valence-corrected chi connectivity index (χ2v) is 5.91. The molecular weight excluding hydrogens is 278 g/mol. The minimum Gasteiger partial charge on any atom is -0.478 e. The Bertz CT molecular complexity index is 562. The monoisotopic (exact) mass is 295 g/mol. The number of rotatable bonds is 4. The highest BCUT2D eigenvalue weighted by Gasteiger charge is 2.32. The number of carboxylic acids is 1. The first-order chi connectivity index (χ1) is 9.43. The van der Waals surface area contributed by atoms with Crippen LogP contribution >= 0.6 is 11.8 Å². The Kier molecular flexibility index (Phi) is 4.27. The van der Waals surface area contributed by atoms with E-state index < -0.39 is 5.97 Å². The van der Waals surface area contributed by atoms with Crippen molar-refractivity contribution in [2.75, 3.05) is 13.6 Å². The molecule has 0 aliphatic carbocycles. The van der Waals surface area contributed by atoms with E-state index in [1.165, 1.54) is 11.8 Å². The topological polar surface area (TPSA) is 83.4 Å². The Morgan fingerprint density at radius 3 is 2.70 bits per heavy atom. The van der Waals surface area contributed by atoms with Gasteiger partial charge in [-0.1, -0.05) is 18.7 Å². The van der Waals surface area contributed by atoms with Crippen molar-refractivity contribution in [3.05, 3.63) is 17.1 Å². The van der Waals surface area contributed by atoms with E-state index in [9.17, 15) is 14.7 Å². The zero-order valence-corrected chi connectivity index (χ0v) is 12.5. The van der Waals surface area contributed by atoms with Crippen molar-refractivity contribution >= 4 is 23.6 Å². The van der Waals surface area contributed by atoms with Gasteiger partial charge in [0.2, 0.25) is 5.91 Å². The molecule has 0 radical (unpaired) electrons. The second kappa shape index (κ2) is 5.78. The standard InChI is InChI=1S/C13H17N3O3S/c1-4-9-14-7(2)10(13(18)19)11(15-9)20-8-5-6-16(3)12(8)17/h8H,4-6H2,1-3H3,(H,18,19). The summed E-state index contributed by atoms with van der Waals surface area (Å²) in [6.07, 6.45) is 1.34. The number of carbonyl (C=O) groups is 2. The van der Waals surface area contributed by atoms with Gasteiger partial charge in [-0.25, -0.2) is 14.8 Å². The molecule has 20 heavy (non-hydrogen) atoms. The molecule has 2 rings (SSSR count). The van der Waals surface area contributed by atoms with Gasteiger partial charge in [-0.15, -0.1) is 0 Å². The summed E-state index contributed by atoms with van der Waals surface area (Å²) in [6, 6.07) is 0. The van der Waals surface area contributed by atoms with Crippen LogP contribution in [-0.4, -0.2) is 50.7 Å². The third kappa shape index (κ3) is 2.77. The molecule has 1 fully saturated rings. The average Bonchev–Trinajstić information content (AvgIpc) is 2.69. The molecule has 1 amide bonds. The highest BCUT2D eigenvalue weighted by Crippen LogP contribution is 2.32. The van der Waals surface area contributed by atoms with Crippen molar-refractivity contribution in [3.63, 3.8) is 0 Å². The number of amides is 1. The second-order valence-electron chi connectivity index (χ2n) is 4.72. The fourth-order valence-electron chi connectivity index (χ4n) is 2.13. The van der Waals surface area contributed by atoms with Crippen LogP contribution in [0.4, 0.5) is 0 Å². The van der Waals surface area contributed by atoms with Crippen molar-refractivity contribution in [1.82, 2.24) is 14.9 Å². The van der Waals surface area contributed by atoms with Crippen LogP contribution < -0.4 is 0 Å². The van der Waals surface area contributed by atoms with Crippen LogP contribution in [0.2, 0.25) is 0 Å². The lowest BCUT2D eigenvalue weighted by Crippen LogP contribution is -2.24. The normalized spacial score (nSPS) is 18.6. The number of nitrogens with zero attached hydrogens (tertiary/aromatic N) is 3. The van der Waals surface area contributed by atoms with Gasteiger partial charge in [0.25, 0.3) is 0 Å². The van der Waals surface area contributed by atoms with Crippen LogP contribution in [0.15, 0.2) is 5.03 Å². The smallest absolute Gasteiger partial charge is 0.340 e. The molecule has 1 atom stereocenters. The van der Waals surface area contributed by atoms with Gasteiger partial charge in [-0.05, 0) is 13.3 Å². The lowest BCUT2D eigenvalue weighted by atomic mass is 10.2. The van der Waals surface area contributed by atoms with Gasteiger partial charge in [-0.2, -0.15) is 0 Å². The number of carbonyl (C=O) groups excluding carboxylic acids is 1. The summed E-state index contributed by atoms with van der Waals surface area (Å²) in [5.41, 5.74) is 0.556. The van der Waals surface area contributed by atoms with Crippen molar-refractivity contribution in [1.29, 1.82) is 0 Å². The van der Waals surface area contributed by atoms with Crippen LogP contribution in [0.3, 0.4) is 0 Å². The molecule has 1 N–H and O–H groups in total. The fraction of sp³-hybridized carbons (Fsp3) is 0.538. The molecule has 0 aromatic carbocycles. The molecule has 0 spiro atoms. The number of thioether (sulfide) groups is 1. The molecule has 1 aliphatic heterocycles. The molecule has 0 bridgehead atoms. The lowest BCUT2D eigenvalue weighted by molar-refractivity contribution is -0.126. The van der Waals surface area contributed by atoms with Crippen molar-refractivity contribution in [2.45, 2.75) is 37.0 Å². The highest BCUT2D eigenvalue weighted by atomic mass is 32.2. The van der Waals surface area contributed by atoms with Gasteiger partial charge in [0.1, 0.15) is 16.4 Å². The molecule has 1 saturated heterocycles. The minimum atomic E-state index is -1.05. The van der Waals surface area contributed by atoms with E-state index in [0.29, 0.717) is 35.9 Å². The summed E-state index contributed by atoms with van der Waals surface area (Å²) < 4.78 is 0. The van der Waals surface area contributed by atoms with Crippen LogP contribution in [-0.2, 0) is 11.2 Å². The Labute approximate surface area is 121 Å². The molecule has 0 saturated carbocycles. The number of aryl methyl sites for hydroxylation is 2. The van der Waals surface area contributed by atoms with E-state index in [0.717, 1.165) is 0 Å². The SMILES string of the molecule is CCc1nc(C)c(C(=O)O)c(SC2CCN(C)C2=O)n1. The maximum absolute atomic E-state index is 11.9. The first-order valence-electron chi connectivity index (χ1n) is 6.46. The molecule has 2 heterocycles. The first kappa shape index (κ1) is 14.8. The summed E-state index contributed by atoms with van der Waals surface area (Å²) in [7, 11) is 1.75. The molecule has 1 aromatic rings. The van der Waals surface area contributed by atoms with E-state index in [-0.39, 0.29) is 16.7 Å². The molecule has 7 heteroatoms.